The van der Waals surface area contributed by atoms with Crippen LogP contribution in [0.2, 0.25) is 5.02 Å². The van der Waals surface area contributed by atoms with E-state index in [1.54, 1.807) is 38.2 Å². The van der Waals surface area contributed by atoms with Crippen molar-refractivity contribution in [2.24, 2.45) is 0 Å². The summed E-state index contributed by atoms with van der Waals surface area (Å²) in [5, 5.41) is 5.93. The molecule has 2 aliphatic heterocycles. The molecule has 2 aromatic carbocycles. The van der Waals surface area contributed by atoms with Gasteiger partial charge >= 0.3 is 6.03 Å². The fraction of sp³-hybridized carbons (Fsp3) is 0.227. The van der Waals surface area contributed by atoms with Gasteiger partial charge in [-0.2, -0.15) is 0 Å². The van der Waals surface area contributed by atoms with E-state index in [-0.39, 0.29) is 18.5 Å². The highest BCUT2D eigenvalue weighted by Gasteiger charge is 2.45. The monoisotopic (exact) mass is 442 g/mol. The molecule has 0 bridgehead atoms. The number of likely N-dealkylation sites (N-methyl/N-ethyl adjacent to an activating group) is 1. The van der Waals surface area contributed by atoms with E-state index in [1.165, 1.54) is 34.1 Å². The number of amides is 4. The third kappa shape index (κ3) is 3.74. The summed E-state index contributed by atoms with van der Waals surface area (Å²) in [4.78, 5) is 41.4. The molecule has 31 heavy (non-hydrogen) atoms. The van der Waals surface area contributed by atoms with Crippen LogP contribution in [-0.2, 0) is 9.59 Å². The third-order valence-electron chi connectivity index (χ3n) is 5.56. The maximum atomic E-state index is 13.3. The normalized spacial score (nSPS) is 19.3. The lowest BCUT2D eigenvalue weighted by atomic mass is 9.95. The van der Waals surface area contributed by atoms with E-state index >= 15 is 0 Å². The van der Waals surface area contributed by atoms with Crippen LogP contribution in [0.1, 0.15) is 18.5 Å². The number of anilines is 1. The Bertz CT molecular complexity index is 1100. The molecule has 0 aromatic heterocycles. The number of hydrogen-bond acceptors (Lipinski definition) is 3. The molecule has 4 amide bonds. The van der Waals surface area contributed by atoms with Gasteiger partial charge in [-0.05, 0) is 42.8 Å². The second-order valence-electron chi connectivity index (χ2n) is 7.43. The van der Waals surface area contributed by atoms with Crippen LogP contribution >= 0.6 is 11.6 Å². The minimum Gasteiger partial charge on any atom is -0.326 e. The first-order valence-electron chi connectivity index (χ1n) is 9.67. The number of nitrogens with one attached hydrogen (secondary N) is 2. The first-order chi connectivity index (χ1) is 14.8. The third-order valence-corrected chi connectivity index (χ3v) is 5.91. The van der Waals surface area contributed by atoms with E-state index < -0.39 is 23.8 Å². The van der Waals surface area contributed by atoms with E-state index in [0.29, 0.717) is 27.5 Å². The zero-order valence-electron chi connectivity index (χ0n) is 16.9. The Morgan fingerprint density at radius 2 is 1.87 bits per heavy atom. The minimum atomic E-state index is -0.821. The topological polar surface area (TPSA) is 81.8 Å². The maximum Gasteiger partial charge on any atom is 0.322 e. The van der Waals surface area contributed by atoms with Crippen molar-refractivity contribution in [3.63, 3.8) is 0 Å². The van der Waals surface area contributed by atoms with Gasteiger partial charge in [0.05, 0.1) is 23.9 Å². The van der Waals surface area contributed by atoms with Crippen molar-refractivity contribution in [1.82, 2.24) is 15.1 Å². The Hall–Kier alpha value is -3.39. The van der Waals surface area contributed by atoms with Crippen molar-refractivity contribution >= 4 is 35.1 Å². The summed E-state index contributed by atoms with van der Waals surface area (Å²) in [5.74, 6) is -1.19. The highest BCUT2D eigenvalue weighted by molar-refractivity contribution is 6.31. The van der Waals surface area contributed by atoms with E-state index in [0.717, 1.165) is 0 Å². The smallest absolute Gasteiger partial charge is 0.322 e. The quantitative estimate of drug-likeness (QED) is 0.762. The van der Waals surface area contributed by atoms with E-state index in [4.69, 9.17) is 11.6 Å². The van der Waals surface area contributed by atoms with Crippen molar-refractivity contribution in [2.75, 3.05) is 18.9 Å². The molecule has 2 atom stereocenters. The fourth-order valence-corrected chi connectivity index (χ4v) is 4.01. The van der Waals surface area contributed by atoms with Crippen LogP contribution in [0.4, 0.5) is 14.9 Å². The van der Waals surface area contributed by atoms with Gasteiger partial charge in [-0.15, -0.1) is 0 Å². The first-order valence-corrected chi connectivity index (χ1v) is 10.0. The van der Waals surface area contributed by atoms with Crippen molar-refractivity contribution in [2.45, 2.75) is 19.0 Å². The van der Waals surface area contributed by atoms with Gasteiger partial charge in [-0.1, -0.05) is 29.8 Å². The Morgan fingerprint density at radius 3 is 2.55 bits per heavy atom. The average molecular weight is 443 g/mol. The van der Waals surface area contributed by atoms with Gasteiger partial charge in [0.2, 0.25) is 5.91 Å². The lowest BCUT2D eigenvalue weighted by molar-refractivity contribution is -0.133. The molecule has 2 aliphatic rings. The molecule has 2 aromatic rings. The van der Waals surface area contributed by atoms with E-state index in [1.807, 2.05) is 0 Å². The molecule has 9 heteroatoms. The zero-order valence-corrected chi connectivity index (χ0v) is 17.6. The predicted molar refractivity (Wildman–Crippen MR) is 114 cm³/mol. The van der Waals surface area contributed by atoms with Crippen molar-refractivity contribution in [3.8, 4) is 0 Å². The molecule has 160 valence electrons. The van der Waals surface area contributed by atoms with Crippen LogP contribution in [0.3, 0.4) is 0 Å². The van der Waals surface area contributed by atoms with Gasteiger partial charge in [0.15, 0.2) is 0 Å². The van der Waals surface area contributed by atoms with Gasteiger partial charge in [-0.3, -0.25) is 14.5 Å². The summed E-state index contributed by atoms with van der Waals surface area (Å²) in [6.07, 6.45) is 0. The Kier molecular flexibility index (Phi) is 5.41. The molecular formula is C22H20ClFN4O3. The van der Waals surface area contributed by atoms with Gasteiger partial charge < -0.3 is 15.5 Å². The second kappa shape index (κ2) is 8.03. The highest BCUT2D eigenvalue weighted by atomic mass is 35.5. The Morgan fingerprint density at radius 1 is 1.19 bits per heavy atom. The van der Waals surface area contributed by atoms with E-state index in [2.05, 4.69) is 10.6 Å². The van der Waals surface area contributed by atoms with Crippen LogP contribution < -0.4 is 10.6 Å². The summed E-state index contributed by atoms with van der Waals surface area (Å²) in [5.41, 5.74) is 1.94. The van der Waals surface area contributed by atoms with Gasteiger partial charge in [0, 0.05) is 17.8 Å². The van der Waals surface area contributed by atoms with Gasteiger partial charge in [0.25, 0.3) is 5.91 Å². The molecular weight excluding hydrogens is 423 g/mol. The summed E-state index contributed by atoms with van der Waals surface area (Å²) >= 11 is 6.33. The lowest BCUT2D eigenvalue weighted by Gasteiger charge is -2.31. The fourth-order valence-electron chi connectivity index (χ4n) is 3.77. The zero-order chi connectivity index (χ0) is 22.3. The maximum absolute atomic E-state index is 13.3. The number of rotatable bonds is 4. The Labute approximate surface area is 183 Å². The standard InChI is InChI=1S/C22H20ClFN4O3/c1-12(20(29)25-14-9-7-13(24)8-10-14)28-11-17-18(21(28)30)19(26-22(31)27(17)2)15-5-3-4-6-16(15)23/h3-10,12,19H,11H2,1-2H3,(H,25,29)(H,26,31)/t12-,19+/m1/s1. The second-order valence-corrected chi connectivity index (χ2v) is 7.84. The average Bonchev–Trinajstić information content (AvgIpc) is 3.10. The molecule has 4 rings (SSSR count). The minimum absolute atomic E-state index is 0.108. The van der Waals surface area contributed by atoms with Crippen molar-refractivity contribution in [3.05, 3.63) is 76.2 Å². The number of halogens is 2. The number of urea groups is 1. The summed E-state index contributed by atoms with van der Waals surface area (Å²) in [7, 11) is 1.58. The molecule has 0 saturated heterocycles. The number of benzene rings is 2. The largest absolute Gasteiger partial charge is 0.326 e. The summed E-state index contributed by atoms with van der Waals surface area (Å²) < 4.78 is 13.1. The van der Waals surface area contributed by atoms with Gasteiger partial charge in [0.1, 0.15) is 11.9 Å². The van der Waals surface area contributed by atoms with Crippen LogP contribution in [0.5, 0.6) is 0 Å². The molecule has 7 nitrogen and oxygen atoms in total. The highest BCUT2D eigenvalue weighted by Crippen LogP contribution is 2.38. The first kappa shape index (κ1) is 20.9. The molecule has 0 unspecified atom stereocenters. The van der Waals surface area contributed by atoms with Gasteiger partial charge in [-0.25, -0.2) is 9.18 Å². The molecule has 0 radical (unpaired) electrons. The van der Waals surface area contributed by atoms with Crippen molar-refractivity contribution in [1.29, 1.82) is 0 Å². The summed E-state index contributed by atoms with van der Waals surface area (Å²) in [6, 6.07) is 10.5. The molecule has 2 N–H and O–H groups in total. The SMILES string of the molecule is C[C@H](C(=O)Nc1ccc(F)cc1)N1CC2=C(C1=O)[C@H](c1ccccc1Cl)NC(=O)N2C. The Balaban J connectivity index is 1.60. The molecule has 0 saturated carbocycles. The molecule has 0 spiro atoms. The predicted octanol–water partition coefficient (Wildman–Crippen LogP) is 3.30. The lowest BCUT2D eigenvalue weighted by Crippen LogP contribution is -2.45. The van der Waals surface area contributed by atoms with Crippen molar-refractivity contribution < 1.29 is 18.8 Å². The summed E-state index contributed by atoms with van der Waals surface area (Å²) in [6.45, 7) is 1.71. The number of nitrogens with zero attached hydrogens (tertiary/aromatic N) is 2. The number of hydrogen-bond donors (Lipinski definition) is 2. The van der Waals surface area contributed by atoms with E-state index in [9.17, 15) is 18.8 Å². The molecule has 2 heterocycles. The molecule has 0 fully saturated rings. The molecule has 0 aliphatic carbocycles. The van der Waals surface area contributed by atoms with Crippen LogP contribution in [0, 0.1) is 5.82 Å². The number of carbonyl (C=O) groups is 3. The number of carbonyl (C=O) groups excluding carboxylic acids is 3. The van der Waals surface area contributed by atoms with Crippen LogP contribution in [0.15, 0.2) is 59.8 Å². The van der Waals surface area contributed by atoms with Crippen LogP contribution in [-0.4, -0.2) is 47.3 Å². The van der Waals surface area contributed by atoms with Crippen LogP contribution in [0.25, 0.3) is 0 Å².